The molecule has 152 valence electrons. The van der Waals surface area contributed by atoms with Crippen LogP contribution in [0.2, 0.25) is 0 Å². The Kier molecular flexibility index (Phi) is 5.35. The van der Waals surface area contributed by atoms with Crippen LogP contribution in [-0.4, -0.2) is 53.2 Å². The van der Waals surface area contributed by atoms with Gasteiger partial charge in [-0.2, -0.15) is 0 Å². The molecule has 2 aromatic rings. The van der Waals surface area contributed by atoms with Crippen molar-refractivity contribution in [3.05, 3.63) is 40.7 Å². The van der Waals surface area contributed by atoms with Crippen molar-refractivity contribution in [3.63, 3.8) is 0 Å². The Morgan fingerprint density at radius 3 is 2.76 bits per heavy atom. The molecule has 1 atom stereocenters. The number of nitrogens with zero attached hydrogens (tertiary/aromatic N) is 3. The van der Waals surface area contributed by atoms with E-state index in [1.54, 1.807) is 25.5 Å². The van der Waals surface area contributed by atoms with Gasteiger partial charge in [-0.25, -0.2) is 9.97 Å². The second-order valence-corrected chi connectivity index (χ2v) is 7.59. The van der Waals surface area contributed by atoms with E-state index in [-0.39, 0.29) is 11.4 Å². The Bertz CT molecular complexity index is 1000. The van der Waals surface area contributed by atoms with E-state index < -0.39 is 5.91 Å². The summed E-state index contributed by atoms with van der Waals surface area (Å²) in [5.74, 6) is 0.297. The number of carbonyl (C=O) groups excluding carboxylic acids is 1. The SMILES string of the molecule is C=c1cc(O)c(NC(=O)c2cnc(N3CC[C@@H](NC4CC4)C3)cn2)c/c1=C/NC. The Morgan fingerprint density at radius 1 is 1.24 bits per heavy atom. The van der Waals surface area contributed by atoms with Crippen LogP contribution in [-0.2, 0) is 0 Å². The van der Waals surface area contributed by atoms with Gasteiger partial charge in [-0.3, -0.25) is 4.79 Å². The highest BCUT2D eigenvalue weighted by Gasteiger charge is 2.29. The number of phenolic OH excluding ortho intramolecular Hbond substituents is 1. The van der Waals surface area contributed by atoms with Crippen molar-refractivity contribution in [2.45, 2.75) is 31.3 Å². The maximum absolute atomic E-state index is 12.5. The minimum atomic E-state index is -0.429. The van der Waals surface area contributed by atoms with Crippen LogP contribution >= 0.6 is 0 Å². The van der Waals surface area contributed by atoms with Gasteiger partial charge in [0.2, 0.25) is 0 Å². The smallest absolute Gasteiger partial charge is 0.275 e. The van der Waals surface area contributed by atoms with E-state index in [2.05, 4.69) is 37.4 Å². The molecule has 0 spiro atoms. The van der Waals surface area contributed by atoms with Crippen LogP contribution in [0.4, 0.5) is 11.5 Å². The normalized spacial score (nSPS) is 19.4. The molecule has 2 heterocycles. The van der Waals surface area contributed by atoms with Gasteiger partial charge in [0.15, 0.2) is 0 Å². The molecule has 1 aliphatic carbocycles. The third-order valence-corrected chi connectivity index (χ3v) is 5.24. The van der Waals surface area contributed by atoms with E-state index in [0.29, 0.717) is 23.0 Å². The summed E-state index contributed by atoms with van der Waals surface area (Å²) in [6, 6.07) is 4.35. The second kappa shape index (κ2) is 8.08. The van der Waals surface area contributed by atoms with E-state index in [9.17, 15) is 9.90 Å². The molecule has 4 rings (SSSR count). The van der Waals surface area contributed by atoms with Crippen molar-refractivity contribution in [3.8, 4) is 5.75 Å². The Morgan fingerprint density at radius 2 is 2.07 bits per heavy atom. The number of hydrogen-bond acceptors (Lipinski definition) is 7. The van der Waals surface area contributed by atoms with Crippen LogP contribution in [0.15, 0.2) is 24.5 Å². The first-order valence-corrected chi connectivity index (χ1v) is 9.87. The summed E-state index contributed by atoms with van der Waals surface area (Å²) in [6.07, 6.45) is 8.50. The Labute approximate surface area is 169 Å². The quantitative estimate of drug-likeness (QED) is 0.517. The number of hydrogen-bond donors (Lipinski definition) is 4. The molecule has 4 N–H and O–H groups in total. The summed E-state index contributed by atoms with van der Waals surface area (Å²) >= 11 is 0. The third kappa shape index (κ3) is 4.48. The molecule has 0 radical (unpaired) electrons. The zero-order chi connectivity index (χ0) is 20.4. The summed E-state index contributed by atoms with van der Waals surface area (Å²) in [5, 5.41) is 20.8. The fourth-order valence-corrected chi connectivity index (χ4v) is 3.51. The number of rotatable bonds is 6. The molecule has 0 bridgehead atoms. The van der Waals surface area contributed by atoms with Crippen molar-refractivity contribution in [2.75, 3.05) is 30.4 Å². The molecule has 1 aromatic heterocycles. The minimum Gasteiger partial charge on any atom is -0.506 e. The fourth-order valence-electron chi connectivity index (χ4n) is 3.51. The Hall–Kier alpha value is -3.13. The molecule has 2 fully saturated rings. The molecule has 1 aliphatic heterocycles. The standard InChI is InChI=1S/C21H26N6O2/c1-13-7-19(28)17(8-14(13)9-22-2)26-21(29)18-10-24-20(11-23-18)27-6-5-16(12-27)25-15-3-4-15/h7-11,15-16,22,25,28H,1,3-6,12H2,2H3,(H,26,29)/b14-9-/t16-/m1/s1. The zero-order valence-corrected chi connectivity index (χ0v) is 16.5. The number of anilines is 2. The highest BCUT2D eigenvalue weighted by molar-refractivity contribution is 6.03. The van der Waals surface area contributed by atoms with E-state index in [0.717, 1.165) is 30.5 Å². The highest BCUT2D eigenvalue weighted by atomic mass is 16.3. The number of aromatic nitrogens is 2. The topological polar surface area (TPSA) is 102 Å². The summed E-state index contributed by atoms with van der Waals surface area (Å²) in [7, 11) is 1.77. The van der Waals surface area contributed by atoms with Gasteiger partial charge in [0.25, 0.3) is 5.91 Å². The van der Waals surface area contributed by atoms with Crippen LogP contribution in [0.25, 0.3) is 12.8 Å². The molecule has 8 nitrogen and oxygen atoms in total. The fraction of sp³-hybridized carbons (Fsp3) is 0.381. The highest BCUT2D eigenvalue weighted by Crippen LogP contribution is 2.24. The molecule has 2 aliphatic rings. The van der Waals surface area contributed by atoms with Gasteiger partial charge in [0, 0.05) is 38.4 Å². The molecule has 1 saturated heterocycles. The largest absolute Gasteiger partial charge is 0.506 e. The maximum Gasteiger partial charge on any atom is 0.275 e. The number of nitrogens with one attached hydrogen (secondary N) is 3. The first-order chi connectivity index (χ1) is 14.0. The summed E-state index contributed by atoms with van der Waals surface area (Å²) in [6.45, 7) is 5.72. The summed E-state index contributed by atoms with van der Waals surface area (Å²) in [5.41, 5.74) is 0.487. The molecule has 1 aromatic carbocycles. The van der Waals surface area contributed by atoms with Gasteiger partial charge in [-0.15, -0.1) is 0 Å². The van der Waals surface area contributed by atoms with Crippen molar-refractivity contribution in [1.82, 2.24) is 20.6 Å². The first kappa shape index (κ1) is 19.2. The number of benzene rings is 1. The van der Waals surface area contributed by atoms with Gasteiger partial charge < -0.3 is 26.0 Å². The van der Waals surface area contributed by atoms with Gasteiger partial charge in [0.05, 0.1) is 18.1 Å². The number of amides is 1. The van der Waals surface area contributed by atoms with E-state index in [4.69, 9.17) is 0 Å². The Balaban J connectivity index is 1.43. The van der Waals surface area contributed by atoms with Crippen molar-refractivity contribution in [1.29, 1.82) is 0 Å². The van der Waals surface area contributed by atoms with Crippen molar-refractivity contribution in [2.24, 2.45) is 0 Å². The van der Waals surface area contributed by atoms with Crippen LogP contribution in [0, 0.1) is 0 Å². The minimum absolute atomic E-state index is 0.0487. The zero-order valence-electron chi connectivity index (χ0n) is 16.5. The lowest BCUT2D eigenvalue weighted by atomic mass is 10.2. The predicted molar refractivity (Wildman–Crippen MR) is 113 cm³/mol. The number of phenols is 1. The second-order valence-electron chi connectivity index (χ2n) is 7.59. The molecular weight excluding hydrogens is 368 g/mol. The molecule has 0 unspecified atom stereocenters. The van der Waals surface area contributed by atoms with Crippen LogP contribution < -0.4 is 31.3 Å². The predicted octanol–water partition coefficient (Wildman–Crippen LogP) is 0.133. The van der Waals surface area contributed by atoms with E-state index in [1.165, 1.54) is 25.1 Å². The monoisotopic (exact) mass is 394 g/mol. The molecule has 8 heteroatoms. The molecular formula is C21H26N6O2. The number of aromatic hydroxyl groups is 1. The van der Waals surface area contributed by atoms with Gasteiger partial charge in [-0.05, 0) is 41.8 Å². The number of carbonyl (C=O) groups is 1. The van der Waals surface area contributed by atoms with Gasteiger partial charge in [0.1, 0.15) is 17.3 Å². The lowest BCUT2D eigenvalue weighted by Crippen LogP contribution is -2.34. The molecule has 1 amide bonds. The van der Waals surface area contributed by atoms with Crippen molar-refractivity contribution < 1.29 is 9.90 Å². The first-order valence-electron chi connectivity index (χ1n) is 9.87. The average molecular weight is 394 g/mol. The molecule has 29 heavy (non-hydrogen) atoms. The van der Waals surface area contributed by atoms with Crippen LogP contribution in [0.5, 0.6) is 5.75 Å². The van der Waals surface area contributed by atoms with E-state index in [1.807, 2.05) is 0 Å². The average Bonchev–Trinajstić information content (AvgIpc) is 3.40. The van der Waals surface area contributed by atoms with E-state index >= 15 is 0 Å². The van der Waals surface area contributed by atoms with Crippen molar-refractivity contribution >= 4 is 30.2 Å². The molecule has 1 saturated carbocycles. The lowest BCUT2D eigenvalue weighted by molar-refractivity contribution is 0.102. The van der Waals surface area contributed by atoms with Gasteiger partial charge >= 0.3 is 0 Å². The van der Waals surface area contributed by atoms with Crippen LogP contribution in [0.1, 0.15) is 29.8 Å². The lowest BCUT2D eigenvalue weighted by Gasteiger charge is -2.17. The van der Waals surface area contributed by atoms with Crippen LogP contribution in [0.3, 0.4) is 0 Å². The third-order valence-electron chi connectivity index (χ3n) is 5.24. The van der Waals surface area contributed by atoms with Gasteiger partial charge in [-0.1, -0.05) is 6.58 Å². The maximum atomic E-state index is 12.5. The summed E-state index contributed by atoms with van der Waals surface area (Å²) < 4.78 is 0. The summed E-state index contributed by atoms with van der Waals surface area (Å²) in [4.78, 5) is 23.4.